The molecule has 1 N–H and O–H groups in total. The van der Waals surface area contributed by atoms with Crippen molar-refractivity contribution in [2.45, 2.75) is 6.42 Å². The van der Waals surface area contributed by atoms with Gasteiger partial charge in [-0.3, -0.25) is 9.48 Å². The Morgan fingerprint density at radius 3 is 2.84 bits per heavy atom. The van der Waals surface area contributed by atoms with E-state index in [1.54, 1.807) is 17.9 Å². The molecule has 3 rings (SSSR count). The van der Waals surface area contributed by atoms with Gasteiger partial charge in [-0.25, -0.2) is 0 Å². The third-order valence-electron chi connectivity index (χ3n) is 3.77. The smallest absolute Gasteiger partial charge is 0.261 e. The predicted octanol–water partition coefficient (Wildman–Crippen LogP) is 1.90. The second kappa shape index (κ2) is 7.09. The van der Waals surface area contributed by atoms with Crippen molar-refractivity contribution in [3.63, 3.8) is 0 Å². The van der Waals surface area contributed by atoms with Crippen LogP contribution in [0, 0.1) is 11.3 Å². The predicted molar refractivity (Wildman–Crippen MR) is 91.9 cm³/mol. The van der Waals surface area contributed by atoms with Gasteiger partial charge in [0.15, 0.2) is 11.5 Å². The summed E-state index contributed by atoms with van der Waals surface area (Å²) in [4.78, 5) is 11.8. The van der Waals surface area contributed by atoms with Gasteiger partial charge in [-0.15, -0.1) is 0 Å². The van der Waals surface area contributed by atoms with Crippen LogP contribution in [0.3, 0.4) is 0 Å². The molecule has 0 saturated heterocycles. The number of rotatable bonds is 3. The maximum absolute atomic E-state index is 11.8. The van der Waals surface area contributed by atoms with Gasteiger partial charge in [-0.05, 0) is 24.3 Å². The first-order chi connectivity index (χ1) is 12.1. The number of nitrogens with one attached hydrogen (secondary N) is 1. The Labute approximate surface area is 145 Å². The fourth-order valence-electron chi connectivity index (χ4n) is 2.59. The summed E-state index contributed by atoms with van der Waals surface area (Å²) >= 11 is 0. The van der Waals surface area contributed by atoms with Crippen LogP contribution in [0.4, 0.5) is 0 Å². The molecule has 0 fully saturated rings. The summed E-state index contributed by atoms with van der Waals surface area (Å²) in [6.07, 6.45) is 4.13. The fraction of sp³-hybridized carbons (Fsp3) is 0.278. The first kappa shape index (κ1) is 16.6. The van der Waals surface area contributed by atoms with Gasteiger partial charge in [0.25, 0.3) is 5.91 Å². The van der Waals surface area contributed by atoms with E-state index in [0.717, 1.165) is 12.0 Å². The standard InChI is InChI=1S/C18H18N4O3/c1-20-18(23)13(10-19)8-14-11-22(2)21-17(14)12-4-5-15-16(9-12)25-7-3-6-24-15/h4-5,8-9,11H,3,6-7H2,1-2H3,(H,20,23)/b13-8+. The highest BCUT2D eigenvalue weighted by Gasteiger charge is 2.16. The van der Waals surface area contributed by atoms with Crippen molar-refractivity contribution in [2.75, 3.05) is 20.3 Å². The van der Waals surface area contributed by atoms with E-state index in [9.17, 15) is 10.1 Å². The van der Waals surface area contributed by atoms with Crippen LogP contribution < -0.4 is 14.8 Å². The van der Waals surface area contributed by atoms with Gasteiger partial charge >= 0.3 is 0 Å². The molecule has 0 unspecified atom stereocenters. The lowest BCUT2D eigenvalue weighted by Crippen LogP contribution is -2.19. The molecule has 0 aliphatic carbocycles. The Morgan fingerprint density at radius 2 is 2.12 bits per heavy atom. The Bertz CT molecular complexity index is 877. The van der Waals surface area contributed by atoms with E-state index in [0.29, 0.717) is 36.0 Å². The number of hydrogen-bond acceptors (Lipinski definition) is 5. The number of fused-ring (bicyclic) bond motifs is 1. The van der Waals surface area contributed by atoms with E-state index in [2.05, 4.69) is 10.4 Å². The molecule has 0 atom stereocenters. The highest BCUT2D eigenvalue weighted by atomic mass is 16.5. The molecule has 7 heteroatoms. The quantitative estimate of drug-likeness (QED) is 0.682. The van der Waals surface area contributed by atoms with E-state index in [1.165, 1.54) is 13.1 Å². The van der Waals surface area contributed by atoms with E-state index in [4.69, 9.17) is 9.47 Å². The molecule has 128 valence electrons. The van der Waals surface area contributed by atoms with Crippen molar-refractivity contribution in [3.8, 4) is 28.8 Å². The van der Waals surface area contributed by atoms with Crippen molar-refractivity contribution in [2.24, 2.45) is 7.05 Å². The molecule has 0 radical (unpaired) electrons. The lowest BCUT2D eigenvalue weighted by molar-refractivity contribution is -0.116. The number of nitrogens with zero attached hydrogens (tertiary/aromatic N) is 3. The monoisotopic (exact) mass is 338 g/mol. The number of carbonyl (C=O) groups is 1. The molecule has 2 aromatic rings. The number of aryl methyl sites for hydroxylation is 1. The minimum atomic E-state index is -0.434. The van der Waals surface area contributed by atoms with Crippen molar-refractivity contribution in [3.05, 3.63) is 35.5 Å². The molecule has 1 aliphatic heterocycles. The molecular weight excluding hydrogens is 320 g/mol. The lowest BCUT2D eigenvalue weighted by atomic mass is 10.1. The van der Waals surface area contributed by atoms with Gasteiger partial charge < -0.3 is 14.8 Å². The summed E-state index contributed by atoms with van der Waals surface area (Å²) in [7, 11) is 3.28. The van der Waals surface area contributed by atoms with Crippen LogP contribution in [0.25, 0.3) is 17.3 Å². The van der Waals surface area contributed by atoms with Crippen molar-refractivity contribution < 1.29 is 14.3 Å². The number of hydrogen-bond donors (Lipinski definition) is 1. The minimum absolute atomic E-state index is 0.0195. The molecule has 0 spiro atoms. The highest BCUT2D eigenvalue weighted by Crippen LogP contribution is 2.35. The normalized spacial score (nSPS) is 13.7. The Balaban J connectivity index is 2.04. The SMILES string of the molecule is CNC(=O)/C(C#N)=C/c1cn(C)nc1-c1ccc2c(c1)OCCCO2. The fourth-order valence-corrected chi connectivity index (χ4v) is 2.59. The van der Waals surface area contributed by atoms with E-state index in [-0.39, 0.29) is 5.57 Å². The summed E-state index contributed by atoms with van der Waals surface area (Å²) in [5.74, 6) is 0.940. The van der Waals surface area contributed by atoms with Crippen LogP contribution in [0.5, 0.6) is 11.5 Å². The molecule has 0 saturated carbocycles. The molecule has 1 amide bonds. The summed E-state index contributed by atoms with van der Waals surface area (Å²) in [6, 6.07) is 7.52. The Hall–Kier alpha value is -3.27. The number of carbonyl (C=O) groups excluding carboxylic acids is 1. The Morgan fingerprint density at radius 1 is 1.36 bits per heavy atom. The zero-order valence-electron chi connectivity index (χ0n) is 14.1. The van der Waals surface area contributed by atoms with Crippen molar-refractivity contribution in [1.29, 1.82) is 5.26 Å². The average molecular weight is 338 g/mol. The van der Waals surface area contributed by atoms with Gasteiger partial charge in [-0.2, -0.15) is 10.4 Å². The summed E-state index contributed by atoms with van der Waals surface area (Å²) < 4.78 is 13.0. The van der Waals surface area contributed by atoms with Gasteiger partial charge in [0.05, 0.1) is 18.9 Å². The number of benzene rings is 1. The summed E-state index contributed by atoms with van der Waals surface area (Å²) in [5, 5.41) is 16.1. The molecule has 7 nitrogen and oxygen atoms in total. The number of nitriles is 1. The van der Waals surface area contributed by atoms with Crippen LogP contribution in [-0.4, -0.2) is 35.9 Å². The van der Waals surface area contributed by atoms with E-state index >= 15 is 0 Å². The van der Waals surface area contributed by atoms with Crippen molar-refractivity contribution in [1.82, 2.24) is 15.1 Å². The molecule has 1 aliphatic rings. The second-order valence-corrected chi connectivity index (χ2v) is 5.57. The lowest BCUT2D eigenvalue weighted by Gasteiger charge is -2.08. The molecule has 2 heterocycles. The Kier molecular flexibility index (Phi) is 4.70. The zero-order chi connectivity index (χ0) is 17.8. The minimum Gasteiger partial charge on any atom is -0.490 e. The number of ether oxygens (including phenoxy) is 2. The first-order valence-corrected chi connectivity index (χ1v) is 7.90. The largest absolute Gasteiger partial charge is 0.490 e. The summed E-state index contributed by atoms with van der Waals surface area (Å²) in [5.41, 5.74) is 2.18. The maximum atomic E-state index is 11.8. The average Bonchev–Trinajstić information content (AvgIpc) is 2.83. The molecular formula is C18H18N4O3. The van der Waals surface area contributed by atoms with Crippen LogP contribution in [-0.2, 0) is 11.8 Å². The summed E-state index contributed by atoms with van der Waals surface area (Å²) in [6.45, 7) is 1.22. The number of likely N-dealkylation sites (N-methyl/N-ethyl adjacent to an activating group) is 1. The molecule has 25 heavy (non-hydrogen) atoms. The van der Waals surface area contributed by atoms with E-state index < -0.39 is 5.91 Å². The third kappa shape index (κ3) is 3.48. The van der Waals surface area contributed by atoms with Crippen LogP contribution >= 0.6 is 0 Å². The second-order valence-electron chi connectivity index (χ2n) is 5.57. The topological polar surface area (TPSA) is 89.2 Å². The van der Waals surface area contributed by atoms with Gasteiger partial charge in [0, 0.05) is 37.8 Å². The van der Waals surface area contributed by atoms with Crippen LogP contribution in [0.2, 0.25) is 0 Å². The third-order valence-corrected chi connectivity index (χ3v) is 3.77. The van der Waals surface area contributed by atoms with Gasteiger partial charge in [-0.1, -0.05) is 0 Å². The molecule has 0 bridgehead atoms. The maximum Gasteiger partial charge on any atom is 0.261 e. The number of amides is 1. The van der Waals surface area contributed by atoms with Crippen molar-refractivity contribution >= 4 is 12.0 Å². The van der Waals surface area contributed by atoms with Crippen LogP contribution in [0.15, 0.2) is 30.0 Å². The molecule has 1 aromatic heterocycles. The first-order valence-electron chi connectivity index (χ1n) is 7.90. The van der Waals surface area contributed by atoms with Gasteiger partial charge in [0.1, 0.15) is 11.6 Å². The van der Waals surface area contributed by atoms with Gasteiger partial charge in [0.2, 0.25) is 0 Å². The van der Waals surface area contributed by atoms with E-state index in [1.807, 2.05) is 24.3 Å². The zero-order valence-corrected chi connectivity index (χ0v) is 14.1. The molecule has 1 aromatic carbocycles. The highest BCUT2D eigenvalue weighted by molar-refractivity contribution is 6.02. The number of aromatic nitrogens is 2. The van der Waals surface area contributed by atoms with Crippen LogP contribution in [0.1, 0.15) is 12.0 Å².